The summed E-state index contributed by atoms with van der Waals surface area (Å²) in [5, 5.41) is 8.82. The molecule has 102 valence electrons. The molecule has 2 aliphatic heterocycles. The first-order chi connectivity index (χ1) is 8.64. The summed E-state index contributed by atoms with van der Waals surface area (Å²) in [6.07, 6.45) is 3.39. The molecule has 2 rings (SSSR count). The first-order valence-electron chi connectivity index (χ1n) is 6.41. The number of rotatable bonds is 2. The van der Waals surface area contributed by atoms with Gasteiger partial charge in [0.1, 0.15) is 0 Å². The van der Waals surface area contributed by atoms with Gasteiger partial charge in [-0.05, 0) is 12.8 Å². The van der Waals surface area contributed by atoms with Crippen LogP contribution in [0.2, 0.25) is 0 Å². The second-order valence-corrected chi connectivity index (χ2v) is 6.60. The second kappa shape index (κ2) is 5.97. The van der Waals surface area contributed by atoms with Crippen molar-refractivity contribution in [1.29, 1.82) is 5.26 Å². The van der Waals surface area contributed by atoms with Gasteiger partial charge in [-0.3, -0.25) is 0 Å². The highest BCUT2D eigenvalue weighted by atomic mass is 32.2. The molecule has 6 nitrogen and oxygen atoms in total. The van der Waals surface area contributed by atoms with Gasteiger partial charge >= 0.3 is 0 Å². The zero-order chi connectivity index (χ0) is 13.0. The summed E-state index contributed by atoms with van der Waals surface area (Å²) < 4.78 is 33.0. The average Bonchev–Trinajstić information content (AvgIpc) is 2.68. The quantitative estimate of drug-likeness (QED) is 0.727. The van der Waals surface area contributed by atoms with Crippen molar-refractivity contribution < 1.29 is 13.2 Å². The molecule has 0 aliphatic carbocycles. The highest BCUT2D eigenvalue weighted by Gasteiger charge is 2.34. The maximum absolute atomic E-state index is 12.4. The Hall–Kier alpha value is -0.680. The van der Waals surface area contributed by atoms with Crippen molar-refractivity contribution in [2.75, 3.05) is 32.8 Å². The maximum Gasteiger partial charge on any atom is 0.282 e. The van der Waals surface area contributed by atoms with Crippen molar-refractivity contribution in [1.82, 2.24) is 8.61 Å². The van der Waals surface area contributed by atoms with Crippen molar-refractivity contribution in [3.8, 4) is 6.07 Å². The number of ether oxygens (including phenoxy) is 1. The first kappa shape index (κ1) is 13.7. The molecule has 2 heterocycles. The third kappa shape index (κ3) is 3.01. The summed E-state index contributed by atoms with van der Waals surface area (Å²) in [6.45, 7) is 1.98. The SMILES string of the molecule is N#CC1CN(S(=O)(=O)N2CCCCCC2)CCO1. The lowest BCUT2D eigenvalue weighted by Crippen LogP contribution is -2.51. The van der Waals surface area contributed by atoms with E-state index in [1.807, 2.05) is 6.07 Å². The Kier molecular flexibility index (Phi) is 4.56. The molecule has 18 heavy (non-hydrogen) atoms. The summed E-state index contributed by atoms with van der Waals surface area (Å²) >= 11 is 0. The fourth-order valence-corrected chi connectivity index (χ4v) is 4.02. The first-order valence-corrected chi connectivity index (χ1v) is 7.81. The van der Waals surface area contributed by atoms with Gasteiger partial charge < -0.3 is 4.74 Å². The van der Waals surface area contributed by atoms with Gasteiger partial charge in [-0.25, -0.2) is 0 Å². The summed E-state index contributed by atoms with van der Waals surface area (Å²) in [7, 11) is -3.42. The minimum Gasteiger partial charge on any atom is -0.361 e. The molecule has 0 aromatic carbocycles. The molecule has 0 saturated carbocycles. The van der Waals surface area contributed by atoms with Gasteiger partial charge in [-0.2, -0.15) is 22.3 Å². The Morgan fingerprint density at radius 2 is 1.72 bits per heavy atom. The van der Waals surface area contributed by atoms with Crippen LogP contribution in [0.3, 0.4) is 0 Å². The largest absolute Gasteiger partial charge is 0.361 e. The minimum absolute atomic E-state index is 0.148. The van der Waals surface area contributed by atoms with E-state index in [4.69, 9.17) is 10.00 Å². The number of hydrogen-bond acceptors (Lipinski definition) is 4. The van der Waals surface area contributed by atoms with Gasteiger partial charge in [-0.1, -0.05) is 12.8 Å². The van der Waals surface area contributed by atoms with E-state index in [1.165, 1.54) is 4.31 Å². The van der Waals surface area contributed by atoms with Crippen LogP contribution >= 0.6 is 0 Å². The lowest BCUT2D eigenvalue weighted by molar-refractivity contribution is 0.0290. The molecule has 2 fully saturated rings. The Labute approximate surface area is 108 Å². The van der Waals surface area contributed by atoms with Crippen LogP contribution in [-0.2, 0) is 14.9 Å². The lowest BCUT2D eigenvalue weighted by atomic mass is 10.2. The van der Waals surface area contributed by atoms with Gasteiger partial charge in [0.2, 0.25) is 0 Å². The molecule has 0 aromatic rings. The Balaban J connectivity index is 2.07. The predicted octanol–water partition coefficient (Wildman–Crippen LogP) is 0.332. The molecule has 1 unspecified atom stereocenters. The third-order valence-corrected chi connectivity index (χ3v) is 5.39. The van der Waals surface area contributed by atoms with Crippen LogP contribution < -0.4 is 0 Å². The van der Waals surface area contributed by atoms with Crippen LogP contribution in [0.4, 0.5) is 0 Å². The van der Waals surface area contributed by atoms with E-state index >= 15 is 0 Å². The number of nitriles is 1. The standard InChI is InChI=1S/C11H19N3O3S/c12-9-11-10-14(7-8-17-11)18(15,16)13-5-3-1-2-4-6-13/h11H,1-8,10H2. The van der Waals surface area contributed by atoms with Crippen molar-refractivity contribution >= 4 is 10.2 Å². The summed E-state index contributed by atoms with van der Waals surface area (Å²) in [5.41, 5.74) is 0. The van der Waals surface area contributed by atoms with Crippen LogP contribution in [0.5, 0.6) is 0 Å². The molecule has 0 amide bonds. The predicted molar refractivity (Wildman–Crippen MR) is 65.9 cm³/mol. The molecule has 0 spiro atoms. The van der Waals surface area contributed by atoms with E-state index < -0.39 is 16.3 Å². The summed E-state index contributed by atoms with van der Waals surface area (Å²) in [6, 6.07) is 1.97. The second-order valence-electron chi connectivity index (χ2n) is 4.67. The number of morpholine rings is 1. The molecule has 7 heteroatoms. The summed E-state index contributed by atoms with van der Waals surface area (Å²) in [4.78, 5) is 0. The fraction of sp³-hybridized carbons (Fsp3) is 0.909. The molecule has 2 saturated heterocycles. The highest BCUT2D eigenvalue weighted by molar-refractivity contribution is 7.86. The van der Waals surface area contributed by atoms with E-state index in [0.29, 0.717) is 26.2 Å². The summed E-state index contributed by atoms with van der Waals surface area (Å²) in [5.74, 6) is 0. The zero-order valence-corrected chi connectivity index (χ0v) is 11.2. The van der Waals surface area contributed by atoms with Crippen molar-refractivity contribution in [2.45, 2.75) is 31.8 Å². The molecule has 0 N–H and O–H groups in total. The molecular weight excluding hydrogens is 254 g/mol. The molecule has 2 aliphatic rings. The minimum atomic E-state index is -3.42. The fourth-order valence-electron chi connectivity index (χ4n) is 2.35. The Morgan fingerprint density at radius 3 is 2.33 bits per heavy atom. The van der Waals surface area contributed by atoms with Gasteiger partial charge in [-0.15, -0.1) is 0 Å². The van der Waals surface area contributed by atoms with E-state index in [1.54, 1.807) is 4.31 Å². The molecule has 1 atom stereocenters. The average molecular weight is 273 g/mol. The van der Waals surface area contributed by atoms with E-state index in [2.05, 4.69) is 0 Å². The lowest BCUT2D eigenvalue weighted by Gasteiger charge is -2.33. The van der Waals surface area contributed by atoms with Gasteiger partial charge in [0.15, 0.2) is 6.10 Å². The van der Waals surface area contributed by atoms with E-state index in [0.717, 1.165) is 25.7 Å². The monoisotopic (exact) mass is 273 g/mol. The van der Waals surface area contributed by atoms with Crippen LogP contribution in [0.1, 0.15) is 25.7 Å². The zero-order valence-electron chi connectivity index (χ0n) is 10.4. The van der Waals surface area contributed by atoms with Crippen LogP contribution in [0, 0.1) is 11.3 Å². The Bertz CT molecular complexity index is 410. The van der Waals surface area contributed by atoms with Gasteiger partial charge in [0, 0.05) is 19.6 Å². The highest BCUT2D eigenvalue weighted by Crippen LogP contribution is 2.18. The Morgan fingerprint density at radius 1 is 1.06 bits per heavy atom. The molecular formula is C11H19N3O3S. The normalized spacial score (nSPS) is 28.5. The van der Waals surface area contributed by atoms with Crippen molar-refractivity contribution in [3.05, 3.63) is 0 Å². The molecule has 0 aromatic heterocycles. The molecule has 0 bridgehead atoms. The maximum atomic E-state index is 12.4. The third-order valence-electron chi connectivity index (χ3n) is 3.39. The smallest absolute Gasteiger partial charge is 0.282 e. The van der Waals surface area contributed by atoms with Gasteiger partial charge in [0.05, 0.1) is 19.2 Å². The van der Waals surface area contributed by atoms with Crippen molar-refractivity contribution in [2.24, 2.45) is 0 Å². The van der Waals surface area contributed by atoms with Gasteiger partial charge in [0.25, 0.3) is 10.2 Å². The topological polar surface area (TPSA) is 73.6 Å². The van der Waals surface area contributed by atoms with E-state index in [-0.39, 0.29) is 6.54 Å². The number of hydrogen-bond donors (Lipinski definition) is 0. The van der Waals surface area contributed by atoms with Crippen LogP contribution in [0.25, 0.3) is 0 Å². The van der Waals surface area contributed by atoms with Crippen LogP contribution in [-0.4, -0.2) is 55.9 Å². The van der Waals surface area contributed by atoms with Crippen molar-refractivity contribution in [3.63, 3.8) is 0 Å². The molecule has 0 radical (unpaired) electrons. The number of nitrogens with zero attached hydrogens (tertiary/aromatic N) is 3. The van der Waals surface area contributed by atoms with E-state index in [9.17, 15) is 8.42 Å². The van der Waals surface area contributed by atoms with Crippen LogP contribution in [0.15, 0.2) is 0 Å².